The van der Waals surface area contributed by atoms with Crippen LogP contribution >= 0.6 is 0 Å². The Kier molecular flexibility index (Phi) is 2.47. The van der Waals surface area contributed by atoms with E-state index in [0.29, 0.717) is 5.56 Å². The van der Waals surface area contributed by atoms with Crippen molar-refractivity contribution in [3.8, 4) is 0 Å². The van der Waals surface area contributed by atoms with Gasteiger partial charge in [0.2, 0.25) is 0 Å². The summed E-state index contributed by atoms with van der Waals surface area (Å²) in [5, 5.41) is 18.3. The average Bonchev–Trinajstić information content (AvgIpc) is 3.14. The Morgan fingerprint density at radius 1 is 1.00 bits per heavy atom. The zero-order chi connectivity index (χ0) is 14.2. The number of aromatic amines is 2. The van der Waals surface area contributed by atoms with E-state index in [9.17, 15) is 4.79 Å². The molecule has 0 spiro atoms. The second kappa shape index (κ2) is 4.45. The van der Waals surface area contributed by atoms with E-state index < -0.39 is 0 Å². The van der Waals surface area contributed by atoms with E-state index in [2.05, 4.69) is 25.7 Å². The monoisotopic (exact) mass is 277 g/mol. The normalized spacial score (nSPS) is 11.0. The first-order chi connectivity index (χ1) is 10.3. The zero-order valence-electron chi connectivity index (χ0n) is 10.9. The van der Waals surface area contributed by atoms with E-state index in [4.69, 9.17) is 0 Å². The quantitative estimate of drug-likeness (QED) is 0.526. The third-order valence-corrected chi connectivity index (χ3v) is 3.43. The number of nitrogens with zero attached hydrogens (tertiary/aromatic N) is 2. The maximum atomic E-state index is 12.4. The van der Waals surface area contributed by atoms with Crippen LogP contribution < -0.4 is 5.32 Å². The molecule has 2 heterocycles. The number of hydrogen-bond acceptors (Lipinski definition) is 3. The van der Waals surface area contributed by atoms with Crippen molar-refractivity contribution in [1.29, 1.82) is 0 Å². The lowest BCUT2D eigenvalue weighted by atomic mass is 10.1. The highest BCUT2D eigenvalue weighted by molar-refractivity contribution is 6.12. The van der Waals surface area contributed by atoms with Crippen LogP contribution in [0.5, 0.6) is 0 Å². The van der Waals surface area contributed by atoms with Crippen LogP contribution in [0.25, 0.3) is 21.8 Å². The van der Waals surface area contributed by atoms with Gasteiger partial charge in [-0.25, -0.2) is 0 Å². The molecule has 6 heteroatoms. The number of rotatable bonds is 2. The molecule has 4 aromatic rings. The van der Waals surface area contributed by atoms with E-state index in [-0.39, 0.29) is 5.91 Å². The number of anilines is 1. The van der Waals surface area contributed by atoms with Gasteiger partial charge in [0.15, 0.2) is 0 Å². The van der Waals surface area contributed by atoms with Crippen molar-refractivity contribution >= 4 is 33.4 Å². The molecule has 4 rings (SSSR count). The van der Waals surface area contributed by atoms with Crippen molar-refractivity contribution in [3.63, 3.8) is 0 Å². The molecule has 3 N–H and O–H groups in total. The van der Waals surface area contributed by atoms with Gasteiger partial charge in [0.25, 0.3) is 5.91 Å². The molecule has 0 bridgehead atoms. The van der Waals surface area contributed by atoms with Gasteiger partial charge >= 0.3 is 0 Å². The standard InChI is InChI=1S/C15H11N5O/c21-15(11-2-1-3-14-12(11)8-17-20-14)18-10-4-5-13-9(6-10)7-16-19-13/h1-8H,(H,16,19)(H,17,20)(H,18,21). The molecule has 0 atom stereocenters. The number of hydrogen-bond donors (Lipinski definition) is 3. The fraction of sp³-hybridized carbons (Fsp3) is 0. The highest BCUT2D eigenvalue weighted by Gasteiger charge is 2.11. The minimum atomic E-state index is -0.162. The lowest BCUT2D eigenvalue weighted by Gasteiger charge is -2.06. The van der Waals surface area contributed by atoms with E-state index in [1.54, 1.807) is 18.5 Å². The number of aromatic nitrogens is 4. The molecule has 0 aliphatic heterocycles. The molecule has 0 unspecified atom stereocenters. The summed E-state index contributed by atoms with van der Waals surface area (Å²) >= 11 is 0. The SMILES string of the molecule is O=C(Nc1ccc2[nH]ncc2c1)c1cccc2[nH]ncc12. The summed E-state index contributed by atoms with van der Waals surface area (Å²) in [6.45, 7) is 0. The number of carbonyl (C=O) groups is 1. The van der Waals surface area contributed by atoms with Gasteiger partial charge in [-0.3, -0.25) is 15.0 Å². The summed E-state index contributed by atoms with van der Waals surface area (Å²) in [5.41, 5.74) is 3.10. The summed E-state index contributed by atoms with van der Waals surface area (Å²) in [6, 6.07) is 11.1. The molecule has 0 aliphatic carbocycles. The second-order valence-corrected chi connectivity index (χ2v) is 4.76. The molecule has 21 heavy (non-hydrogen) atoms. The summed E-state index contributed by atoms with van der Waals surface area (Å²) in [5.74, 6) is -0.162. The first-order valence-corrected chi connectivity index (χ1v) is 6.48. The Bertz CT molecular complexity index is 953. The number of nitrogens with one attached hydrogen (secondary N) is 3. The van der Waals surface area contributed by atoms with Crippen LogP contribution in [0.1, 0.15) is 10.4 Å². The minimum Gasteiger partial charge on any atom is -0.322 e. The Hall–Kier alpha value is -3.15. The number of H-pyrrole nitrogens is 2. The number of benzene rings is 2. The topological polar surface area (TPSA) is 86.5 Å². The van der Waals surface area contributed by atoms with Crippen LogP contribution in [0.15, 0.2) is 48.8 Å². The smallest absolute Gasteiger partial charge is 0.256 e. The van der Waals surface area contributed by atoms with Crippen molar-refractivity contribution in [2.45, 2.75) is 0 Å². The van der Waals surface area contributed by atoms with Gasteiger partial charge in [-0.05, 0) is 30.3 Å². The molecule has 2 aromatic carbocycles. The maximum absolute atomic E-state index is 12.4. The molecule has 0 radical (unpaired) electrons. The maximum Gasteiger partial charge on any atom is 0.256 e. The number of carbonyl (C=O) groups excluding carboxylic acids is 1. The van der Waals surface area contributed by atoms with Crippen LogP contribution in [0.3, 0.4) is 0 Å². The van der Waals surface area contributed by atoms with Crippen LogP contribution in [0.4, 0.5) is 5.69 Å². The third kappa shape index (κ3) is 1.93. The first-order valence-electron chi connectivity index (χ1n) is 6.48. The highest BCUT2D eigenvalue weighted by atomic mass is 16.1. The molecule has 0 aliphatic rings. The van der Waals surface area contributed by atoms with Gasteiger partial charge in [0, 0.05) is 16.5 Å². The molecule has 6 nitrogen and oxygen atoms in total. The molecule has 0 fully saturated rings. The van der Waals surface area contributed by atoms with Crippen LogP contribution in [0, 0.1) is 0 Å². The second-order valence-electron chi connectivity index (χ2n) is 4.76. The Morgan fingerprint density at radius 3 is 2.81 bits per heavy atom. The van der Waals surface area contributed by atoms with Crippen molar-refractivity contribution in [3.05, 3.63) is 54.4 Å². The Labute approximate surface area is 119 Å². The minimum absolute atomic E-state index is 0.162. The predicted octanol–water partition coefficient (Wildman–Crippen LogP) is 2.69. The molecule has 1 amide bonds. The van der Waals surface area contributed by atoms with Gasteiger partial charge in [-0.2, -0.15) is 10.2 Å². The Balaban J connectivity index is 1.70. The summed E-state index contributed by atoms with van der Waals surface area (Å²) in [7, 11) is 0. The molecular weight excluding hydrogens is 266 g/mol. The zero-order valence-corrected chi connectivity index (χ0v) is 10.9. The predicted molar refractivity (Wildman–Crippen MR) is 80.1 cm³/mol. The van der Waals surface area contributed by atoms with Crippen LogP contribution in [-0.2, 0) is 0 Å². The van der Waals surface area contributed by atoms with E-state index in [1.165, 1.54) is 0 Å². The highest BCUT2D eigenvalue weighted by Crippen LogP contribution is 2.20. The molecular formula is C15H11N5O. The van der Waals surface area contributed by atoms with Crippen molar-refractivity contribution < 1.29 is 4.79 Å². The average molecular weight is 277 g/mol. The van der Waals surface area contributed by atoms with E-state index in [1.807, 2.05) is 30.3 Å². The fourth-order valence-corrected chi connectivity index (χ4v) is 2.39. The van der Waals surface area contributed by atoms with Gasteiger partial charge < -0.3 is 5.32 Å². The Morgan fingerprint density at radius 2 is 1.86 bits per heavy atom. The van der Waals surface area contributed by atoms with Gasteiger partial charge in [0.1, 0.15) is 0 Å². The largest absolute Gasteiger partial charge is 0.322 e. The summed E-state index contributed by atoms with van der Waals surface area (Å²) in [4.78, 5) is 12.4. The summed E-state index contributed by atoms with van der Waals surface area (Å²) < 4.78 is 0. The number of fused-ring (bicyclic) bond motifs is 2. The van der Waals surface area contributed by atoms with Crippen molar-refractivity contribution in [2.75, 3.05) is 5.32 Å². The lowest BCUT2D eigenvalue weighted by molar-refractivity contribution is 0.102. The third-order valence-electron chi connectivity index (χ3n) is 3.43. The molecule has 0 saturated carbocycles. The van der Waals surface area contributed by atoms with Crippen molar-refractivity contribution in [2.24, 2.45) is 0 Å². The van der Waals surface area contributed by atoms with Gasteiger partial charge in [-0.15, -0.1) is 0 Å². The number of amides is 1. The summed E-state index contributed by atoms with van der Waals surface area (Å²) in [6.07, 6.45) is 3.38. The van der Waals surface area contributed by atoms with E-state index in [0.717, 1.165) is 27.5 Å². The van der Waals surface area contributed by atoms with Crippen LogP contribution in [-0.4, -0.2) is 26.3 Å². The van der Waals surface area contributed by atoms with Gasteiger partial charge in [0.05, 0.1) is 29.0 Å². The molecule has 102 valence electrons. The molecule has 0 saturated heterocycles. The van der Waals surface area contributed by atoms with Crippen LogP contribution in [0.2, 0.25) is 0 Å². The van der Waals surface area contributed by atoms with E-state index >= 15 is 0 Å². The molecule has 2 aromatic heterocycles. The first kappa shape index (κ1) is 11.7. The van der Waals surface area contributed by atoms with Gasteiger partial charge in [-0.1, -0.05) is 6.07 Å². The fourth-order valence-electron chi connectivity index (χ4n) is 2.39. The van der Waals surface area contributed by atoms with Crippen molar-refractivity contribution in [1.82, 2.24) is 20.4 Å². The lowest BCUT2D eigenvalue weighted by Crippen LogP contribution is -2.12.